The highest BCUT2D eigenvalue weighted by atomic mass is 32.2. The molecule has 1 saturated carbocycles. The Labute approximate surface area is 111 Å². The molecule has 18 heavy (non-hydrogen) atoms. The van der Waals surface area contributed by atoms with E-state index in [9.17, 15) is 0 Å². The van der Waals surface area contributed by atoms with Crippen LogP contribution in [0, 0.1) is 0 Å². The number of hydrogen-bond acceptors (Lipinski definition) is 4. The Morgan fingerprint density at radius 2 is 2.00 bits per heavy atom. The summed E-state index contributed by atoms with van der Waals surface area (Å²) in [7, 11) is 0. The molecule has 0 aromatic carbocycles. The highest BCUT2D eigenvalue weighted by Crippen LogP contribution is 2.32. The molecule has 5 heteroatoms. The van der Waals surface area contributed by atoms with Crippen molar-refractivity contribution < 1.29 is 0 Å². The lowest BCUT2D eigenvalue weighted by Crippen LogP contribution is -2.08. The van der Waals surface area contributed by atoms with Crippen LogP contribution < -0.4 is 0 Å². The molecule has 0 saturated heterocycles. The highest BCUT2D eigenvalue weighted by Gasteiger charge is 2.15. The summed E-state index contributed by atoms with van der Waals surface area (Å²) < 4.78 is 1.72. The Balaban J connectivity index is 1.67. The number of nitrogens with zero attached hydrogens (tertiary/aromatic N) is 4. The molecule has 0 amide bonds. The van der Waals surface area contributed by atoms with E-state index in [0.29, 0.717) is 0 Å². The second-order valence-electron chi connectivity index (χ2n) is 4.56. The van der Waals surface area contributed by atoms with Crippen molar-refractivity contribution in [3.63, 3.8) is 0 Å². The molecule has 0 radical (unpaired) electrons. The van der Waals surface area contributed by atoms with Crippen LogP contribution in [0.3, 0.4) is 0 Å². The Bertz CT molecular complexity index is 474. The Morgan fingerprint density at radius 3 is 2.67 bits per heavy atom. The topological polar surface area (TPSA) is 43.6 Å². The first kappa shape index (κ1) is 11.7. The fourth-order valence-electron chi connectivity index (χ4n) is 2.26. The molecule has 0 aliphatic heterocycles. The third-order valence-corrected chi connectivity index (χ3v) is 4.47. The zero-order valence-corrected chi connectivity index (χ0v) is 11.0. The van der Waals surface area contributed by atoms with E-state index in [4.69, 9.17) is 0 Å². The van der Waals surface area contributed by atoms with E-state index in [-0.39, 0.29) is 0 Å². The van der Waals surface area contributed by atoms with Crippen LogP contribution in [0.15, 0.2) is 35.6 Å². The minimum atomic E-state index is 0.726. The quantitative estimate of drug-likeness (QED) is 0.850. The SMILES string of the molecule is c1cnn(-c2ccc(SC3CCCCC3)nn2)c1. The lowest BCUT2D eigenvalue weighted by molar-refractivity contribution is 0.515. The average Bonchev–Trinajstić information content (AvgIpc) is 2.95. The molecule has 0 N–H and O–H groups in total. The van der Waals surface area contributed by atoms with Crippen molar-refractivity contribution in [2.45, 2.75) is 42.4 Å². The first-order valence-corrected chi connectivity index (χ1v) is 7.30. The van der Waals surface area contributed by atoms with Crippen LogP contribution in [0.5, 0.6) is 0 Å². The maximum atomic E-state index is 4.28. The minimum absolute atomic E-state index is 0.726. The molecule has 1 fully saturated rings. The lowest BCUT2D eigenvalue weighted by atomic mass is 10.0. The third kappa shape index (κ3) is 2.72. The van der Waals surface area contributed by atoms with Gasteiger partial charge in [-0.05, 0) is 31.0 Å². The fraction of sp³-hybridized carbons (Fsp3) is 0.462. The van der Waals surface area contributed by atoms with Gasteiger partial charge >= 0.3 is 0 Å². The first-order valence-electron chi connectivity index (χ1n) is 6.42. The molecule has 2 heterocycles. The largest absolute Gasteiger partial charge is 0.221 e. The number of hydrogen-bond donors (Lipinski definition) is 0. The lowest BCUT2D eigenvalue weighted by Gasteiger charge is -2.20. The van der Waals surface area contributed by atoms with Crippen LogP contribution in [0.25, 0.3) is 5.82 Å². The predicted octanol–water partition coefficient (Wildman–Crippen LogP) is 3.09. The zero-order valence-electron chi connectivity index (χ0n) is 10.2. The van der Waals surface area contributed by atoms with Gasteiger partial charge in [0, 0.05) is 17.6 Å². The highest BCUT2D eigenvalue weighted by molar-refractivity contribution is 7.99. The van der Waals surface area contributed by atoms with E-state index in [2.05, 4.69) is 15.3 Å². The van der Waals surface area contributed by atoms with Crippen molar-refractivity contribution in [1.29, 1.82) is 0 Å². The summed E-state index contributed by atoms with van der Waals surface area (Å²) in [5.74, 6) is 0.771. The van der Waals surface area contributed by atoms with Crippen molar-refractivity contribution in [2.75, 3.05) is 0 Å². The van der Waals surface area contributed by atoms with Gasteiger partial charge in [-0.25, -0.2) is 4.68 Å². The number of aromatic nitrogens is 4. The van der Waals surface area contributed by atoms with Crippen molar-refractivity contribution in [2.24, 2.45) is 0 Å². The van der Waals surface area contributed by atoms with Gasteiger partial charge in [-0.1, -0.05) is 19.3 Å². The summed E-state index contributed by atoms with van der Waals surface area (Å²) in [5, 5.41) is 14.4. The van der Waals surface area contributed by atoms with Gasteiger partial charge < -0.3 is 0 Å². The van der Waals surface area contributed by atoms with Crippen LogP contribution in [0.1, 0.15) is 32.1 Å². The molecule has 0 unspecified atom stereocenters. The van der Waals surface area contributed by atoms with E-state index < -0.39 is 0 Å². The summed E-state index contributed by atoms with van der Waals surface area (Å²) >= 11 is 1.87. The third-order valence-electron chi connectivity index (χ3n) is 3.20. The van der Waals surface area contributed by atoms with Crippen molar-refractivity contribution in [1.82, 2.24) is 20.0 Å². The molecule has 0 atom stereocenters. The van der Waals surface area contributed by atoms with E-state index in [1.54, 1.807) is 10.9 Å². The molecular formula is C13H16N4S. The minimum Gasteiger partial charge on any atom is -0.221 e. The molecule has 2 aromatic heterocycles. The molecule has 1 aliphatic carbocycles. The van der Waals surface area contributed by atoms with Gasteiger partial charge in [-0.15, -0.1) is 22.0 Å². The predicted molar refractivity (Wildman–Crippen MR) is 71.9 cm³/mol. The monoisotopic (exact) mass is 260 g/mol. The standard InChI is InChI=1S/C13H16N4S/c1-2-5-11(6-3-1)18-13-8-7-12(15-16-13)17-10-4-9-14-17/h4,7-11H,1-3,5-6H2. The van der Waals surface area contributed by atoms with Gasteiger partial charge in [0.2, 0.25) is 0 Å². The van der Waals surface area contributed by atoms with Gasteiger partial charge in [0.15, 0.2) is 5.82 Å². The van der Waals surface area contributed by atoms with Crippen molar-refractivity contribution in [3.05, 3.63) is 30.6 Å². The first-order chi connectivity index (χ1) is 8.92. The summed E-state index contributed by atoms with van der Waals surface area (Å²) in [5.41, 5.74) is 0. The summed E-state index contributed by atoms with van der Waals surface area (Å²) in [6.45, 7) is 0. The fourth-order valence-corrected chi connectivity index (χ4v) is 3.40. The van der Waals surface area contributed by atoms with Gasteiger partial charge in [-0.3, -0.25) is 0 Å². The van der Waals surface area contributed by atoms with Crippen LogP contribution in [-0.4, -0.2) is 25.2 Å². The maximum absolute atomic E-state index is 4.28. The summed E-state index contributed by atoms with van der Waals surface area (Å²) in [6, 6.07) is 5.90. The van der Waals surface area contributed by atoms with E-state index in [1.165, 1.54) is 32.1 Å². The van der Waals surface area contributed by atoms with E-state index in [1.807, 2.05) is 36.2 Å². The van der Waals surface area contributed by atoms with Crippen LogP contribution in [0.2, 0.25) is 0 Å². The average molecular weight is 260 g/mol. The van der Waals surface area contributed by atoms with Crippen LogP contribution in [0.4, 0.5) is 0 Å². The zero-order chi connectivity index (χ0) is 12.2. The van der Waals surface area contributed by atoms with Gasteiger partial charge in [0.25, 0.3) is 0 Å². The van der Waals surface area contributed by atoms with E-state index in [0.717, 1.165) is 16.1 Å². The van der Waals surface area contributed by atoms with Crippen molar-refractivity contribution in [3.8, 4) is 5.82 Å². The smallest absolute Gasteiger partial charge is 0.175 e. The molecule has 4 nitrogen and oxygen atoms in total. The van der Waals surface area contributed by atoms with Crippen molar-refractivity contribution >= 4 is 11.8 Å². The summed E-state index contributed by atoms with van der Waals surface area (Å²) in [6.07, 6.45) is 10.3. The Hall–Kier alpha value is -1.36. The van der Waals surface area contributed by atoms with E-state index >= 15 is 0 Å². The van der Waals surface area contributed by atoms with Crippen LogP contribution >= 0.6 is 11.8 Å². The number of thioether (sulfide) groups is 1. The maximum Gasteiger partial charge on any atom is 0.175 e. The van der Waals surface area contributed by atoms with Gasteiger partial charge in [0.05, 0.1) is 0 Å². The molecular weight excluding hydrogens is 244 g/mol. The Morgan fingerprint density at radius 1 is 1.11 bits per heavy atom. The molecule has 0 spiro atoms. The molecule has 1 aliphatic rings. The summed E-state index contributed by atoms with van der Waals surface area (Å²) in [4.78, 5) is 0. The second-order valence-corrected chi connectivity index (χ2v) is 5.88. The number of rotatable bonds is 3. The molecule has 94 valence electrons. The van der Waals surface area contributed by atoms with Crippen LogP contribution in [-0.2, 0) is 0 Å². The van der Waals surface area contributed by atoms with Gasteiger partial charge in [0.1, 0.15) is 5.03 Å². The molecule has 0 bridgehead atoms. The Kier molecular flexibility index (Phi) is 3.59. The molecule has 3 rings (SSSR count). The van der Waals surface area contributed by atoms with Gasteiger partial charge in [-0.2, -0.15) is 5.10 Å². The normalized spacial score (nSPS) is 16.9. The molecule has 2 aromatic rings. The second kappa shape index (κ2) is 5.52.